The van der Waals surface area contributed by atoms with Crippen LogP contribution >= 0.6 is 11.3 Å². The summed E-state index contributed by atoms with van der Waals surface area (Å²) in [5, 5.41) is 30.2. The lowest BCUT2D eigenvalue weighted by Gasteiger charge is -2.31. The van der Waals surface area contributed by atoms with E-state index in [-0.39, 0.29) is 6.10 Å². The van der Waals surface area contributed by atoms with Crippen LogP contribution in [0.3, 0.4) is 0 Å². The number of piperidine rings is 1. The summed E-state index contributed by atoms with van der Waals surface area (Å²) in [4.78, 5) is 2.31. The first-order chi connectivity index (χ1) is 13.8. The molecule has 28 heavy (non-hydrogen) atoms. The summed E-state index contributed by atoms with van der Waals surface area (Å²) >= 11 is 1.62. The molecule has 4 aromatic rings. The Morgan fingerprint density at radius 1 is 1.00 bits per heavy atom. The number of aliphatic hydroxyl groups is 1. The molecule has 3 aromatic heterocycles. The Kier molecular flexibility index (Phi) is 4.42. The molecule has 0 radical (unpaired) electrons. The van der Waals surface area contributed by atoms with Gasteiger partial charge in [0, 0.05) is 35.4 Å². The van der Waals surface area contributed by atoms with E-state index in [4.69, 9.17) is 0 Å². The number of aliphatic hydroxyl groups excluding tert-OH is 1. The second kappa shape index (κ2) is 7.21. The van der Waals surface area contributed by atoms with Gasteiger partial charge in [-0.25, -0.2) is 0 Å². The molecule has 0 amide bonds. The molecule has 1 aromatic carbocycles. The minimum atomic E-state index is -0.158. The van der Waals surface area contributed by atoms with Crippen LogP contribution in [0.4, 0.5) is 17.2 Å². The van der Waals surface area contributed by atoms with Gasteiger partial charge in [0.25, 0.3) is 0 Å². The van der Waals surface area contributed by atoms with Crippen molar-refractivity contribution in [2.24, 2.45) is 0 Å². The van der Waals surface area contributed by atoms with Crippen LogP contribution in [0.15, 0.2) is 53.2 Å². The molecule has 1 fully saturated rings. The van der Waals surface area contributed by atoms with E-state index >= 15 is 0 Å². The van der Waals surface area contributed by atoms with Crippen molar-refractivity contribution >= 4 is 34.2 Å². The molecule has 0 bridgehead atoms. The van der Waals surface area contributed by atoms with Gasteiger partial charge in [-0.2, -0.15) is 15.9 Å². The number of benzene rings is 1. The fraction of sp³-hybridized carbons (Fsp3) is 0.250. The van der Waals surface area contributed by atoms with Crippen molar-refractivity contribution < 1.29 is 5.11 Å². The Hall–Kier alpha value is -2.97. The lowest BCUT2D eigenvalue weighted by atomic mass is 10.1. The first kappa shape index (κ1) is 17.2. The van der Waals surface area contributed by atoms with E-state index in [9.17, 15) is 5.11 Å². The standard InChI is InChI=1S/C20H20N6OS/c27-17-7-10-25(11-8-17)16-3-1-15(2-4-16)21-18-5-6-19-22-23-20(26(19)24-18)14-9-12-28-13-14/h1-6,9,12-13,17,27H,7-8,10-11H2,(H,21,24). The SMILES string of the molecule is OC1CCN(c2ccc(Nc3ccc4nnc(-c5ccsc5)n4n3)cc2)CC1. The minimum Gasteiger partial charge on any atom is -0.393 e. The van der Waals surface area contributed by atoms with E-state index in [1.54, 1.807) is 15.9 Å². The summed E-state index contributed by atoms with van der Waals surface area (Å²) in [5.41, 5.74) is 3.88. The van der Waals surface area contributed by atoms with Crippen molar-refractivity contribution in [1.29, 1.82) is 0 Å². The first-order valence-electron chi connectivity index (χ1n) is 9.31. The van der Waals surface area contributed by atoms with Gasteiger partial charge in [0.2, 0.25) is 0 Å². The number of aromatic nitrogens is 4. The van der Waals surface area contributed by atoms with Gasteiger partial charge in [0.15, 0.2) is 17.3 Å². The maximum Gasteiger partial charge on any atom is 0.186 e. The number of hydrogen-bond acceptors (Lipinski definition) is 7. The Labute approximate surface area is 166 Å². The van der Waals surface area contributed by atoms with Gasteiger partial charge in [-0.1, -0.05) is 0 Å². The molecule has 0 spiro atoms. The molecule has 142 valence electrons. The highest BCUT2D eigenvalue weighted by molar-refractivity contribution is 7.08. The first-order valence-corrected chi connectivity index (χ1v) is 10.3. The van der Waals surface area contributed by atoms with Crippen molar-refractivity contribution in [3.8, 4) is 11.4 Å². The van der Waals surface area contributed by atoms with Gasteiger partial charge in [-0.3, -0.25) is 0 Å². The Morgan fingerprint density at radius 3 is 2.57 bits per heavy atom. The molecule has 1 aliphatic rings. The average Bonchev–Trinajstić information content (AvgIpc) is 3.38. The third kappa shape index (κ3) is 3.32. The van der Waals surface area contributed by atoms with E-state index in [0.717, 1.165) is 54.5 Å². The fourth-order valence-electron chi connectivity index (χ4n) is 3.45. The predicted molar refractivity (Wildman–Crippen MR) is 111 cm³/mol. The quantitative estimate of drug-likeness (QED) is 0.553. The Balaban J connectivity index is 1.36. The van der Waals surface area contributed by atoms with Crippen LogP contribution in [0.25, 0.3) is 17.0 Å². The van der Waals surface area contributed by atoms with Crippen LogP contribution < -0.4 is 10.2 Å². The number of nitrogens with zero attached hydrogens (tertiary/aromatic N) is 5. The average molecular weight is 392 g/mol. The van der Waals surface area contributed by atoms with E-state index in [1.165, 1.54) is 5.69 Å². The zero-order chi connectivity index (χ0) is 18.9. The lowest BCUT2D eigenvalue weighted by molar-refractivity contribution is 0.145. The van der Waals surface area contributed by atoms with Crippen LogP contribution in [0.5, 0.6) is 0 Å². The molecule has 8 heteroatoms. The molecule has 0 unspecified atom stereocenters. The molecule has 2 N–H and O–H groups in total. The molecule has 5 rings (SSSR count). The van der Waals surface area contributed by atoms with Crippen molar-refractivity contribution in [3.05, 3.63) is 53.2 Å². The summed E-state index contributed by atoms with van der Waals surface area (Å²) in [6, 6.07) is 14.1. The number of thiophene rings is 1. The largest absolute Gasteiger partial charge is 0.393 e. The van der Waals surface area contributed by atoms with Gasteiger partial charge < -0.3 is 15.3 Å². The smallest absolute Gasteiger partial charge is 0.186 e. The lowest BCUT2D eigenvalue weighted by Crippen LogP contribution is -2.35. The molecule has 0 aliphatic carbocycles. The van der Waals surface area contributed by atoms with E-state index in [1.807, 2.05) is 29.0 Å². The van der Waals surface area contributed by atoms with Crippen molar-refractivity contribution in [3.63, 3.8) is 0 Å². The van der Waals surface area contributed by atoms with Crippen LogP contribution in [0, 0.1) is 0 Å². The maximum absolute atomic E-state index is 9.67. The van der Waals surface area contributed by atoms with Gasteiger partial charge in [-0.15, -0.1) is 15.3 Å². The van der Waals surface area contributed by atoms with E-state index < -0.39 is 0 Å². The van der Waals surface area contributed by atoms with E-state index in [0.29, 0.717) is 0 Å². The molecule has 7 nitrogen and oxygen atoms in total. The molecule has 1 aliphatic heterocycles. The summed E-state index contributed by atoms with van der Waals surface area (Å²) in [6.45, 7) is 1.79. The second-order valence-corrected chi connectivity index (χ2v) is 7.69. The number of nitrogens with one attached hydrogen (secondary N) is 1. The van der Waals surface area contributed by atoms with Gasteiger partial charge >= 0.3 is 0 Å². The zero-order valence-corrected chi connectivity index (χ0v) is 16.0. The molecule has 0 atom stereocenters. The van der Waals surface area contributed by atoms with E-state index in [2.05, 4.69) is 49.8 Å². The highest BCUT2D eigenvalue weighted by Crippen LogP contribution is 2.24. The summed E-state index contributed by atoms with van der Waals surface area (Å²) in [7, 11) is 0. The second-order valence-electron chi connectivity index (χ2n) is 6.91. The maximum atomic E-state index is 9.67. The van der Waals surface area contributed by atoms with Gasteiger partial charge in [-0.05, 0) is 60.7 Å². The van der Waals surface area contributed by atoms with Gasteiger partial charge in [0.1, 0.15) is 0 Å². The normalized spacial score (nSPS) is 15.2. The van der Waals surface area contributed by atoms with Crippen LogP contribution in [-0.4, -0.2) is 44.1 Å². The Bertz CT molecular complexity index is 1070. The molecule has 0 saturated carbocycles. The summed E-state index contributed by atoms with van der Waals surface area (Å²) in [5.74, 6) is 1.47. The van der Waals surface area contributed by atoms with Crippen molar-refractivity contribution in [1.82, 2.24) is 19.8 Å². The topological polar surface area (TPSA) is 78.6 Å². The number of fused-ring (bicyclic) bond motifs is 1. The van der Waals surface area contributed by atoms with Crippen LogP contribution in [0.2, 0.25) is 0 Å². The number of rotatable bonds is 4. The summed E-state index contributed by atoms with van der Waals surface area (Å²) < 4.78 is 1.76. The fourth-order valence-corrected chi connectivity index (χ4v) is 4.09. The monoisotopic (exact) mass is 392 g/mol. The summed E-state index contributed by atoms with van der Waals surface area (Å²) in [6.07, 6.45) is 1.50. The molecule has 4 heterocycles. The third-order valence-corrected chi connectivity index (χ3v) is 5.69. The molecule has 1 saturated heterocycles. The highest BCUT2D eigenvalue weighted by Gasteiger charge is 2.17. The minimum absolute atomic E-state index is 0.158. The number of anilines is 3. The van der Waals surface area contributed by atoms with Crippen LogP contribution in [-0.2, 0) is 0 Å². The third-order valence-electron chi connectivity index (χ3n) is 5.01. The van der Waals surface area contributed by atoms with Crippen LogP contribution in [0.1, 0.15) is 12.8 Å². The predicted octanol–water partition coefficient (Wildman–Crippen LogP) is 3.56. The highest BCUT2D eigenvalue weighted by atomic mass is 32.1. The van der Waals surface area contributed by atoms with Crippen molar-refractivity contribution in [2.45, 2.75) is 18.9 Å². The zero-order valence-electron chi connectivity index (χ0n) is 15.2. The molecular formula is C20H20N6OS. The molecular weight excluding hydrogens is 372 g/mol. The Morgan fingerprint density at radius 2 is 1.82 bits per heavy atom. The van der Waals surface area contributed by atoms with Crippen molar-refractivity contribution in [2.75, 3.05) is 23.3 Å². The van der Waals surface area contributed by atoms with Gasteiger partial charge in [0.05, 0.1) is 6.10 Å². The number of hydrogen-bond donors (Lipinski definition) is 2.